The highest BCUT2D eigenvalue weighted by Gasteiger charge is 2.41. The molecule has 33 heavy (non-hydrogen) atoms. The quantitative estimate of drug-likeness (QED) is 0.515. The summed E-state index contributed by atoms with van der Waals surface area (Å²) in [5.41, 5.74) is -0.0404. The van der Waals surface area contributed by atoms with Gasteiger partial charge in [-0.15, -0.1) is 0 Å². The first-order valence-corrected chi connectivity index (χ1v) is 12.0. The van der Waals surface area contributed by atoms with Crippen LogP contribution in [-0.2, 0) is 22.3 Å². The van der Waals surface area contributed by atoms with Gasteiger partial charge in [0.1, 0.15) is 0 Å². The van der Waals surface area contributed by atoms with Gasteiger partial charge in [0, 0.05) is 38.8 Å². The Morgan fingerprint density at radius 1 is 1.24 bits per heavy atom. The minimum atomic E-state index is -4.35. The number of carbonyl (C=O) groups is 1. The maximum atomic E-state index is 13.0. The molecule has 2 atom stereocenters. The van der Waals surface area contributed by atoms with E-state index in [1.54, 1.807) is 13.2 Å². The number of methoxy groups -OCH3 is 1. The maximum Gasteiger partial charge on any atom is 0.416 e. The highest BCUT2D eigenvalue weighted by Crippen LogP contribution is 2.30. The van der Waals surface area contributed by atoms with Crippen LogP contribution in [0.1, 0.15) is 43.7 Å². The first kappa shape index (κ1) is 25.9. The minimum Gasteiger partial charge on any atom is -0.383 e. The van der Waals surface area contributed by atoms with E-state index >= 15 is 0 Å². The second kappa shape index (κ2) is 12.1. The number of likely N-dealkylation sites (tertiary alicyclic amines) is 2. The second-order valence-electron chi connectivity index (χ2n) is 9.08. The van der Waals surface area contributed by atoms with E-state index < -0.39 is 11.7 Å². The summed E-state index contributed by atoms with van der Waals surface area (Å²) >= 11 is 0. The molecule has 0 bridgehead atoms. The summed E-state index contributed by atoms with van der Waals surface area (Å²) < 4.78 is 44.1. The topological polar surface area (TPSA) is 56.8 Å². The van der Waals surface area contributed by atoms with Crippen molar-refractivity contribution in [3.8, 4) is 0 Å². The standard InChI is InChI=1S/C24H37F3N4O2/c1-3-10-30-11-7-21(8-12-30)31-17-20(15-22(31)23(32)28-9-13-33-2)29-16-18-5-4-6-19(14-18)24(25,26)27/h4-6,14,20-22,29H,3,7-13,15-17H2,1-2H3,(H,28,32)/t20-,22+/m1/s1. The van der Waals surface area contributed by atoms with Crippen LogP contribution in [-0.4, -0.2) is 80.3 Å². The molecule has 3 rings (SSSR count). The smallest absolute Gasteiger partial charge is 0.383 e. The molecule has 1 aromatic carbocycles. The number of nitrogens with one attached hydrogen (secondary N) is 2. The molecule has 9 heteroatoms. The Kier molecular flexibility index (Phi) is 9.55. The van der Waals surface area contributed by atoms with Crippen molar-refractivity contribution >= 4 is 5.91 Å². The van der Waals surface area contributed by atoms with E-state index in [2.05, 4.69) is 27.4 Å². The lowest BCUT2D eigenvalue weighted by Gasteiger charge is -2.39. The number of rotatable bonds is 10. The third kappa shape index (κ3) is 7.40. The predicted molar refractivity (Wildman–Crippen MR) is 122 cm³/mol. The Balaban J connectivity index is 1.62. The van der Waals surface area contributed by atoms with Gasteiger partial charge < -0.3 is 20.3 Å². The molecule has 0 aliphatic carbocycles. The van der Waals surface area contributed by atoms with Crippen molar-refractivity contribution < 1.29 is 22.7 Å². The number of piperidine rings is 1. The number of benzene rings is 1. The zero-order valence-electron chi connectivity index (χ0n) is 19.7. The molecule has 186 valence electrons. The van der Waals surface area contributed by atoms with Crippen LogP contribution in [0.2, 0.25) is 0 Å². The van der Waals surface area contributed by atoms with E-state index in [0.717, 1.165) is 51.5 Å². The molecule has 1 amide bonds. The summed E-state index contributed by atoms with van der Waals surface area (Å²) in [5.74, 6) is 0.00593. The molecule has 0 spiro atoms. The molecule has 0 radical (unpaired) electrons. The number of halogens is 3. The van der Waals surface area contributed by atoms with Gasteiger partial charge in [-0.25, -0.2) is 0 Å². The summed E-state index contributed by atoms with van der Waals surface area (Å²) in [7, 11) is 1.60. The molecule has 2 fully saturated rings. The highest BCUT2D eigenvalue weighted by molar-refractivity contribution is 5.82. The first-order chi connectivity index (χ1) is 15.8. The van der Waals surface area contributed by atoms with E-state index in [-0.39, 0.29) is 18.0 Å². The van der Waals surface area contributed by atoms with Gasteiger partial charge in [0.15, 0.2) is 0 Å². The van der Waals surface area contributed by atoms with Crippen LogP contribution in [0, 0.1) is 0 Å². The predicted octanol–water partition coefficient (Wildman–Crippen LogP) is 2.87. The van der Waals surface area contributed by atoms with Gasteiger partial charge in [0.2, 0.25) is 5.91 Å². The van der Waals surface area contributed by atoms with Crippen LogP contribution < -0.4 is 10.6 Å². The number of hydrogen-bond donors (Lipinski definition) is 2. The van der Waals surface area contributed by atoms with Crippen LogP contribution >= 0.6 is 0 Å². The zero-order valence-corrected chi connectivity index (χ0v) is 19.7. The number of hydrogen-bond acceptors (Lipinski definition) is 5. The Hall–Kier alpha value is -1.68. The highest BCUT2D eigenvalue weighted by atomic mass is 19.4. The van der Waals surface area contributed by atoms with Gasteiger partial charge in [-0.3, -0.25) is 9.69 Å². The SMILES string of the molecule is CCCN1CCC(N2C[C@H](NCc3cccc(C(F)(F)F)c3)C[C@H]2C(=O)NCCOC)CC1. The molecule has 2 heterocycles. The Labute approximate surface area is 194 Å². The maximum absolute atomic E-state index is 13.0. The number of amides is 1. The molecule has 2 aliphatic rings. The molecule has 6 nitrogen and oxygen atoms in total. The Morgan fingerprint density at radius 3 is 2.67 bits per heavy atom. The average Bonchev–Trinajstić information content (AvgIpc) is 3.23. The van der Waals surface area contributed by atoms with E-state index in [1.807, 2.05) is 0 Å². The average molecular weight is 471 g/mol. The van der Waals surface area contributed by atoms with Crippen LogP contribution in [0.25, 0.3) is 0 Å². The molecule has 0 aromatic heterocycles. The molecule has 1 aromatic rings. The molecule has 2 aliphatic heterocycles. The fraction of sp³-hybridized carbons (Fsp3) is 0.708. The number of carbonyl (C=O) groups excluding carboxylic acids is 1. The fourth-order valence-corrected chi connectivity index (χ4v) is 4.97. The summed E-state index contributed by atoms with van der Waals surface area (Å²) in [6, 6.07) is 5.58. The minimum absolute atomic E-state index is 0.00593. The molecular formula is C24H37F3N4O2. The van der Waals surface area contributed by atoms with Gasteiger partial charge in [-0.05, 0) is 56.9 Å². The molecule has 2 N–H and O–H groups in total. The summed E-state index contributed by atoms with van der Waals surface area (Å²) in [6.45, 7) is 7.37. The molecule has 0 saturated carbocycles. The van der Waals surface area contributed by atoms with Crippen molar-refractivity contribution in [3.05, 3.63) is 35.4 Å². The van der Waals surface area contributed by atoms with Gasteiger partial charge in [0.05, 0.1) is 18.2 Å². The van der Waals surface area contributed by atoms with Crippen LogP contribution in [0.3, 0.4) is 0 Å². The number of alkyl halides is 3. The van der Waals surface area contributed by atoms with Crippen molar-refractivity contribution in [2.75, 3.05) is 46.4 Å². The van der Waals surface area contributed by atoms with E-state index in [0.29, 0.717) is 37.7 Å². The number of ether oxygens (including phenoxy) is 1. The summed E-state index contributed by atoms with van der Waals surface area (Å²) in [5, 5.41) is 6.38. The first-order valence-electron chi connectivity index (χ1n) is 12.0. The van der Waals surface area contributed by atoms with Gasteiger partial charge in [0.25, 0.3) is 0 Å². The van der Waals surface area contributed by atoms with Crippen LogP contribution in [0.5, 0.6) is 0 Å². The van der Waals surface area contributed by atoms with E-state index in [1.165, 1.54) is 12.1 Å². The third-order valence-electron chi connectivity index (χ3n) is 6.66. The summed E-state index contributed by atoms with van der Waals surface area (Å²) in [4.78, 5) is 17.7. The largest absolute Gasteiger partial charge is 0.416 e. The van der Waals surface area contributed by atoms with Gasteiger partial charge in [-0.1, -0.05) is 25.1 Å². The normalized spacial score (nSPS) is 23.2. The summed E-state index contributed by atoms with van der Waals surface area (Å²) in [6.07, 6.45) is -0.504. The van der Waals surface area contributed by atoms with Crippen molar-refractivity contribution in [2.45, 2.75) is 63.5 Å². The monoisotopic (exact) mass is 470 g/mol. The van der Waals surface area contributed by atoms with Crippen LogP contribution in [0.15, 0.2) is 24.3 Å². The van der Waals surface area contributed by atoms with Gasteiger partial charge in [-0.2, -0.15) is 13.2 Å². The van der Waals surface area contributed by atoms with Gasteiger partial charge >= 0.3 is 6.18 Å². The Morgan fingerprint density at radius 2 is 2.00 bits per heavy atom. The third-order valence-corrected chi connectivity index (χ3v) is 6.66. The lowest BCUT2D eigenvalue weighted by Crippen LogP contribution is -2.51. The zero-order chi connectivity index (χ0) is 23.8. The van der Waals surface area contributed by atoms with E-state index in [4.69, 9.17) is 4.74 Å². The fourth-order valence-electron chi connectivity index (χ4n) is 4.97. The van der Waals surface area contributed by atoms with Crippen molar-refractivity contribution in [2.24, 2.45) is 0 Å². The number of nitrogens with zero attached hydrogens (tertiary/aromatic N) is 2. The van der Waals surface area contributed by atoms with Crippen molar-refractivity contribution in [1.82, 2.24) is 20.4 Å². The van der Waals surface area contributed by atoms with Crippen molar-refractivity contribution in [1.29, 1.82) is 0 Å². The lowest BCUT2D eigenvalue weighted by atomic mass is 10.0. The van der Waals surface area contributed by atoms with Crippen molar-refractivity contribution in [3.63, 3.8) is 0 Å². The van der Waals surface area contributed by atoms with E-state index in [9.17, 15) is 18.0 Å². The molecule has 2 saturated heterocycles. The lowest BCUT2D eigenvalue weighted by molar-refractivity contribution is -0.137. The molecule has 0 unspecified atom stereocenters. The van der Waals surface area contributed by atoms with Crippen LogP contribution in [0.4, 0.5) is 13.2 Å². The second-order valence-corrected chi connectivity index (χ2v) is 9.08. The Bertz CT molecular complexity index is 753. The molecular weight excluding hydrogens is 433 g/mol.